The summed E-state index contributed by atoms with van der Waals surface area (Å²) in [5, 5.41) is 4.39. The van der Waals surface area contributed by atoms with Gasteiger partial charge in [-0.2, -0.15) is 0 Å². The lowest BCUT2D eigenvalue weighted by Gasteiger charge is -2.36. The maximum absolute atomic E-state index is 12.0. The van der Waals surface area contributed by atoms with Gasteiger partial charge in [0.1, 0.15) is 5.75 Å². The highest BCUT2D eigenvalue weighted by Gasteiger charge is 2.27. The van der Waals surface area contributed by atoms with Gasteiger partial charge in [0.15, 0.2) is 0 Å². The van der Waals surface area contributed by atoms with Gasteiger partial charge in [0.25, 0.3) is 0 Å². The van der Waals surface area contributed by atoms with Crippen LogP contribution in [0.1, 0.15) is 45.1 Å². The molecule has 1 saturated heterocycles. The summed E-state index contributed by atoms with van der Waals surface area (Å²) in [5.41, 5.74) is 3.64. The van der Waals surface area contributed by atoms with Gasteiger partial charge in [-0.05, 0) is 93.4 Å². The number of aryl methyl sites for hydroxylation is 1. The summed E-state index contributed by atoms with van der Waals surface area (Å²) in [7, 11) is 1.72. The Morgan fingerprint density at radius 2 is 2.09 bits per heavy atom. The average Bonchev–Trinajstić information content (AvgIpc) is 3.21. The lowest BCUT2D eigenvalue weighted by molar-refractivity contribution is -0.123. The van der Waals surface area contributed by atoms with Crippen molar-refractivity contribution in [2.75, 3.05) is 26.7 Å². The van der Waals surface area contributed by atoms with Crippen LogP contribution in [0.15, 0.2) is 48.3 Å². The van der Waals surface area contributed by atoms with Crippen molar-refractivity contribution in [3.63, 3.8) is 0 Å². The molecule has 1 fully saturated rings. The molecule has 5 nitrogen and oxygen atoms in total. The van der Waals surface area contributed by atoms with Crippen LogP contribution in [0, 0.1) is 17.8 Å². The van der Waals surface area contributed by atoms with E-state index in [2.05, 4.69) is 51.8 Å². The third kappa shape index (κ3) is 5.44. The SMILES string of the molecule is COc1ccc2[nH]cc(CCCN3CCC(C4C=CC=C(NC(=O)C(C)C)C4)CC3)c2c1. The lowest BCUT2D eigenvalue weighted by atomic mass is 9.80. The first-order valence-electron chi connectivity index (χ1n) is 12.1. The molecule has 2 aromatic rings. The number of nitrogens with zero attached hydrogens (tertiary/aromatic N) is 1. The van der Waals surface area contributed by atoms with Crippen LogP contribution in [0.4, 0.5) is 0 Å². The molecule has 2 N–H and O–H groups in total. The summed E-state index contributed by atoms with van der Waals surface area (Å²) in [6.07, 6.45) is 14.4. The Hall–Kier alpha value is -2.53. The zero-order chi connectivity index (χ0) is 22.5. The van der Waals surface area contributed by atoms with Gasteiger partial charge < -0.3 is 19.9 Å². The maximum Gasteiger partial charge on any atom is 0.226 e. The van der Waals surface area contributed by atoms with Crippen LogP contribution in [0.3, 0.4) is 0 Å². The van der Waals surface area contributed by atoms with Crippen LogP contribution < -0.4 is 10.1 Å². The maximum atomic E-state index is 12.0. The first kappa shape index (κ1) is 22.7. The van der Waals surface area contributed by atoms with Crippen molar-refractivity contribution in [3.8, 4) is 5.75 Å². The van der Waals surface area contributed by atoms with E-state index in [-0.39, 0.29) is 11.8 Å². The quantitative estimate of drug-likeness (QED) is 0.610. The monoisotopic (exact) mass is 435 g/mol. The predicted molar refractivity (Wildman–Crippen MR) is 131 cm³/mol. The number of methoxy groups -OCH3 is 1. The van der Waals surface area contributed by atoms with Crippen molar-refractivity contribution in [2.24, 2.45) is 17.8 Å². The molecule has 1 aromatic carbocycles. The first-order valence-corrected chi connectivity index (χ1v) is 12.1. The minimum atomic E-state index is 0.0229. The second kappa shape index (κ2) is 10.4. The molecule has 0 radical (unpaired) electrons. The van der Waals surface area contributed by atoms with E-state index in [4.69, 9.17) is 4.74 Å². The molecule has 1 aliphatic heterocycles. The van der Waals surface area contributed by atoms with Gasteiger partial charge in [-0.1, -0.05) is 26.0 Å². The predicted octanol–water partition coefficient (Wildman–Crippen LogP) is 5.05. The number of allylic oxidation sites excluding steroid dienone is 4. The molecule has 0 saturated carbocycles. The number of hydrogen-bond acceptors (Lipinski definition) is 3. The smallest absolute Gasteiger partial charge is 0.226 e. The molecule has 4 rings (SSSR count). The van der Waals surface area contributed by atoms with E-state index in [1.54, 1.807) is 7.11 Å². The van der Waals surface area contributed by atoms with Gasteiger partial charge in [0.2, 0.25) is 5.91 Å². The average molecular weight is 436 g/mol. The minimum Gasteiger partial charge on any atom is -0.497 e. The molecule has 5 heteroatoms. The van der Waals surface area contributed by atoms with Crippen molar-refractivity contribution in [2.45, 2.75) is 46.0 Å². The minimum absolute atomic E-state index is 0.0229. The van der Waals surface area contributed by atoms with Crippen molar-refractivity contribution in [3.05, 3.63) is 53.9 Å². The Balaban J connectivity index is 1.22. The van der Waals surface area contributed by atoms with Gasteiger partial charge in [0.05, 0.1) is 7.11 Å². The van der Waals surface area contributed by atoms with Crippen LogP contribution >= 0.6 is 0 Å². The molecule has 1 amide bonds. The van der Waals surface area contributed by atoms with Crippen molar-refractivity contribution < 1.29 is 9.53 Å². The number of nitrogens with one attached hydrogen (secondary N) is 2. The molecule has 1 aliphatic carbocycles. The number of amides is 1. The van der Waals surface area contributed by atoms with Crippen LogP contribution in [-0.2, 0) is 11.2 Å². The first-order chi connectivity index (χ1) is 15.5. The molecule has 2 aliphatic rings. The number of fused-ring (bicyclic) bond motifs is 1. The molecule has 1 atom stereocenters. The Labute approximate surface area is 191 Å². The molecular weight excluding hydrogens is 398 g/mol. The fourth-order valence-corrected chi connectivity index (χ4v) is 5.01. The largest absolute Gasteiger partial charge is 0.497 e. The number of piperidine rings is 1. The van der Waals surface area contributed by atoms with Crippen molar-refractivity contribution >= 4 is 16.8 Å². The third-order valence-electron chi connectivity index (χ3n) is 7.05. The number of likely N-dealkylation sites (tertiary alicyclic amines) is 1. The third-order valence-corrected chi connectivity index (χ3v) is 7.05. The van der Waals surface area contributed by atoms with Gasteiger partial charge >= 0.3 is 0 Å². The number of hydrogen-bond donors (Lipinski definition) is 2. The lowest BCUT2D eigenvalue weighted by Crippen LogP contribution is -2.37. The van der Waals surface area contributed by atoms with Crippen molar-refractivity contribution in [1.82, 2.24) is 15.2 Å². The summed E-state index contributed by atoms with van der Waals surface area (Å²) < 4.78 is 5.39. The van der Waals surface area contributed by atoms with E-state index >= 15 is 0 Å². The summed E-state index contributed by atoms with van der Waals surface area (Å²) >= 11 is 0. The van der Waals surface area contributed by atoms with Gasteiger partial charge in [-0.25, -0.2) is 0 Å². The van der Waals surface area contributed by atoms with Crippen LogP contribution in [0.5, 0.6) is 5.75 Å². The number of carbonyl (C=O) groups excluding carboxylic acids is 1. The number of rotatable bonds is 8. The fourth-order valence-electron chi connectivity index (χ4n) is 5.01. The topological polar surface area (TPSA) is 57.4 Å². The Bertz CT molecular complexity index is 980. The molecule has 1 aromatic heterocycles. The second-order valence-corrected chi connectivity index (χ2v) is 9.60. The molecule has 1 unspecified atom stereocenters. The Morgan fingerprint density at radius 3 is 2.84 bits per heavy atom. The Morgan fingerprint density at radius 1 is 1.28 bits per heavy atom. The van der Waals surface area contributed by atoms with E-state index in [0.717, 1.165) is 30.8 Å². The van der Waals surface area contributed by atoms with Crippen molar-refractivity contribution in [1.29, 1.82) is 0 Å². The fraction of sp³-hybridized carbons (Fsp3) is 0.519. The highest BCUT2D eigenvalue weighted by Crippen LogP contribution is 2.32. The molecular formula is C27H37N3O2. The van der Waals surface area contributed by atoms with Gasteiger partial charge in [-0.15, -0.1) is 0 Å². The van der Waals surface area contributed by atoms with Crippen LogP contribution in [0.2, 0.25) is 0 Å². The normalized spacial score (nSPS) is 20.0. The summed E-state index contributed by atoms with van der Waals surface area (Å²) in [6.45, 7) is 7.38. The molecule has 0 spiro atoms. The van der Waals surface area contributed by atoms with E-state index in [9.17, 15) is 4.79 Å². The second-order valence-electron chi connectivity index (χ2n) is 9.60. The zero-order valence-corrected chi connectivity index (χ0v) is 19.7. The van der Waals surface area contributed by atoms with Gasteiger partial charge in [0, 0.05) is 28.7 Å². The highest BCUT2D eigenvalue weighted by molar-refractivity contribution is 5.84. The number of ether oxygens (including phenoxy) is 1. The number of carbonyl (C=O) groups is 1. The molecule has 32 heavy (non-hydrogen) atoms. The van der Waals surface area contributed by atoms with Crippen LogP contribution in [-0.4, -0.2) is 42.5 Å². The summed E-state index contributed by atoms with van der Waals surface area (Å²) in [6, 6.07) is 6.24. The molecule has 172 valence electrons. The van der Waals surface area contributed by atoms with Crippen LogP contribution in [0.25, 0.3) is 10.9 Å². The number of aromatic amines is 1. The zero-order valence-electron chi connectivity index (χ0n) is 19.7. The Kier molecular flexibility index (Phi) is 7.36. The highest BCUT2D eigenvalue weighted by atomic mass is 16.5. The summed E-state index contributed by atoms with van der Waals surface area (Å²) in [4.78, 5) is 18.0. The molecule has 2 heterocycles. The van der Waals surface area contributed by atoms with Gasteiger partial charge in [-0.3, -0.25) is 4.79 Å². The van der Waals surface area contributed by atoms with E-state index in [0.29, 0.717) is 11.8 Å². The standard InChI is InChI=1S/C27H37N3O2/c1-19(2)27(31)29-23-8-4-6-21(16-23)20-11-14-30(15-12-20)13-5-7-22-18-28-26-10-9-24(32-3)17-25(22)26/h4,6,8-10,17-21,28H,5,7,11-16H2,1-3H3,(H,29,31). The number of aromatic nitrogens is 1. The van der Waals surface area contributed by atoms with E-state index in [1.165, 1.54) is 48.8 Å². The summed E-state index contributed by atoms with van der Waals surface area (Å²) in [5.74, 6) is 2.32. The van der Waals surface area contributed by atoms with E-state index < -0.39 is 0 Å². The van der Waals surface area contributed by atoms with E-state index in [1.807, 2.05) is 19.9 Å². The molecule has 0 bridgehead atoms. The number of benzene rings is 1. The number of H-pyrrole nitrogens is 1.